The molecule has 1 N–H and O–H groups in total. The number of nitrogens with zero attached hydrogens (tertiary/aromatic N) is 6. The van der Waals surface area contributed by atoms with E-state index in [2.05, 4.69) is 61.4 Å². The highest BCUT2D eigenvalue weighted by Crippen LogP contribution is 2.28. The highest BCUT2D eigenvalue weighted by atomic mass is 16.1. The molecule has 0 bridgehead atoms. The molecule has 1 aliphatic heterocycles. The predicted octanol–water partition coefficient (Wildman–Crippen LogP) is 2.19. The fourth-order valence-electron chi connectivity index (χ4n) is 4.04. The van der Waals surface area contributed by atoms with Crippen LogP contribution in [0.25, 0.3) is 11.3 Å². The van der Waals surface area contributed by atoms with Crippen molar-refractivity contribution in [3.8, 4) is 11.3 Å². The third-order valence-corrected chi connectivity index (χ3v) is 6.23. The number of hydrogen-bond acceptors (Lipinski definition) is 6. The first kappa shape index (κ1) is 22.0. The zero-order chi connectivity index (χ0) is 22.5. The van der Waals surface area contributed by atoms with Crippen LogP contribution in [-0.2, 0) is 24.8 Å². The third-order valence-electron chi connectivity index (χ3n) is 6.23. The van der Waals surface area contributed by atoms with Gasteiger partial charge in [-0.2, -0.15) is 5.10 Å². The fraction of sp³-hybridized carbons (Fsp3) is 0.417. The summed E-state index contributed by atoms with van der Waals surface area (Å²) in [6, 6.07) is 8.30. The molecule has 0 atom stereocenters. The lowest BCUT2D eigenvalue weighted by atomic mass is 10.0. The molecular weight excluding hydrogens is 402 g/mol. The zero-order valence-corrected chi connectivity index (χ0v) is 19.1. The van der Waals surface area contributed by atoms with E-state index >= 15 is 0 Å². The minimum Gasteiger partial charge on any atom is -0.359 e. The molecule has 0 radical (unpaired) electrons. The van der Waals surface area contributed by atoms with E-state index in [4.69, 9.17) is 0 Å². The predicted molar refractivity (Wildman–Crippen MR) is 125 cm³/mol. The van der Waals surface area contributed by atoms with Crippen LogP contribution in [0.15, 0.2) is 42.9 Å². The van der Waals surface area contributed by atoms with E-state index in [0.717, 1.165) is 61.8 Å². The molecule has 1 aromatic carbocycles. The van der Waals surface area contributed by atoms with Crippen LogP contribution in [-0.4, -0.2) is 63.8 Å². The molecule has 3 aromatic rings. The third kappa shape index (κ3) is 4.96. The molecule has 0 saturated carbocycles. The first-order chi connectivity index (χ1) is 15.5. The van der Waals surface area contributed by atoms with Crippen molar-refractivity contribution in [1.82, 2.24) is 30.0 Å². The average molecular weight is 434 g/mol. The summed E-state index contributed by atoms with van der Waals surface area (Å²) < 4.78 is 1.93. The Labute approximate surface area is 189 Å². The lowest BCUT2D eigenvalue weighted by molar-refractivity contribution is -0.120. The van der Waals surface area contributed by atoms with Crippen LogP contribution in [0, 0.1) is 6.92 Å². The summed E-state index contributed by atoms with van der Waals surface area (Å²) in [5, 5.41) is 7.03. The number of carbonyl (C=O) groups excluding carboxylic acids is 1. The van der Waals surface area contributed by atoms with Gasteiger partial charge in [0.05, 0.1) is 6.20 Å². The summed E-state index contributed by atoms with van der Waals surface area (Å²) in [5.41, 5.74) is 5.61. The number of nitrogens with one attached hydrogen (secondary N) is 1. The van der Waals surface area contributed by atoms with Crippen LogP contribution in [0.5, 0.6) is 0 Å². The second kappa shape index (κ2) is 9.91. The molecule has 1 fully saturated rings. The fourth-order valence-corrected chi connectivity index (χ4v) is 4.04. The van der Waals surface area contributed by atoms with Crippen molar-refractivity contribution < 1.29 is 4.79 Å². The number of anilines is 1. The Bertz CT molecular complexity index is 1050. The normalized spacial score (nSPS) is 14.5. The smallest absolute Gasteiger partial charge is 0.220 e. The van der Waals surface area contributed by atoms with Gasteiger partial charge < -0.3 is 10.2 Å². The van der Waals surface area contributed by atoms with Crippen molar-refractivity contribution in [2.45, 2.75) is 26.3 Å². The van der Waals surface area contributed by atoms with Gasteiger partial charge in [-0.1, -0.05) is 24.3 Å². The molecule has 8 heteroatoms. The van der Waals surface area contributed by atoms with Crippen molar-refractivity contribution in [3.05, 3.63) is 59.7 Å². The van der Waals surface area contributed by atoms with Gasteiger partial charge in [-0.25, -0.2) is 4.98 Å². The first-order valence-electron chi connectivity index (χ1n) is 11.1. The summed E-state index contributed by atoms with van der Waals surface area (Å²) in [6.07, 6.45) is 6.71. The summed E-state index contributed by atoms with van der Waals surface area (Å²) in [5.74, 6) is 0.992. The Morgan fingerprint density at radius 2 is 1.78 bits per heavy atom. The lowest BCUT2D eigenvalue weighted by Crippen LogP contribution is -2.46. The molecule has 0 unspecified atom stereocenters. The summed E-state index contributed by atoms with van der Waals surface area (Å²) in [4.78, 5) is 25.6. The van der Waals surface area contributed by atoms with E-state index in [0.29, 0.717) is 6.42 Å². The van der Waals surface area contributed by atoms with Crippen LogP contribution in [0.1, 0.15) is 23.2 Å². The molecule has 0 aliphatic carbocycles. The molecule has 168 valence electrons. The minimum absolute atomic E-state index is 0.0584. The molecule has 1 amide bonds. The van der Waals surface area contributed by atoms with Gasteiger partial charge in [0, 0.05) is 82.5 Å². The van der Waals surface area contributed by atoms with Crippen LogP contribution < -0.4 is 10.2 Å². The number of rotatable bonds is 7. The molecule has 32 heavy (non-hydrogen) atoms. The van der Waals surface area contributed by atoms with Gasteiger partial charge in [-0.05, 0) is 18.9 Å². The number of hydrogen-bond donors (Lipinski definition) is 1. The molecule has 1 aliphatic rings. The van der Waals surface area contributed by atoms with Gasteiger partial charge in [0.2, 0.25) is 5.91 Å². The second-order valence-electron chi connectivity index (χ2n) is 8.24. The molecular formula is C24H31N7O. The van der Waals surface area contributed by atoms with Crippen molar-refractivity contribution in [1.29, 1.82) is 0 Å². The standard InChI is InChI=1S/C24H31N7O/c1-18-21(16-28-29(18)3)17-30-12-14-31(15-13-30)24-23(26-10-11-27-24)20-7-4-19(5-8-20)6-9-22(32)25-2/h4-5,7-8,10-11,16H,6,9,12-15,17H2,1-3H3,(H,25,32). The minimum atomic E-state index is 0.0584. The van der Waals surface area contributed by atoms with Crippen LogP contribution in [0.2, 0.25) is 0 Å². The molecule has 0 spiro atoms. The van der Waals surface area contributed by atoms with Gasteiger partial charge in [-0.3, -0.25) is 19.4 Å². The maximum atomic E-state index is 11.5. The van der Waals surface area contributed by atoms with Gasteiger partial charge in [-0.15, -0.1) is 0 Å². The lowest BCUT2D eigenvalue weighted by Gasteiger charge is -2.35. The number of piperazine rings is 1. The first-order valence-corrected chi connectivity index (χ1v) is 11.1. The summed E-state index contributed by atoms with van der Waals surface area (Å²) >= 11 is 0. The monoisotopic (exact) mass is 433 g/mol. The maximum absolute atomic E-state index is 11.5. The number of amides is 1. The van der Waals surface area contributed by atoms with E-state index in [-0.39, 0.29) is 5.91 Å². The highest BCUT2D eigenvalue weighted by molar-refractivity contribution is 5.76. The summed E-state index contributed by atoms with van der Waals surface area (Å²) in [7, 11) is 3.65. The highest BCUT2D eigenvalue weighted by Gasteiger charge is 2.22. The van der Waals surface area contributed by atoms with Crippen molar-refractivity contribution >= 4 is 11.7 Å². The Morgan fingerprint density at radius 1 is 1.06 bits per heavy atom. The second-order valence-corrected chi connectivity index (χ2v) is 8.24. The van der Waals surface area contributed by atoms with Gasteiger partial charge in [0.25, 0.3) is 0 Å². The SMILES string of the molecule is CNC(=O)CCc1ccc(-c2nccnc2N2CCN(Cc3cnn(C)c3C)CC2)cc1. The Morgan fingerprint density at radius 3 is 2.44 bits per heavy atom. The average Bonchev–Trinajstić information content (AvgIpc) is 3.15. The van der Waals surface area contributed by atoms with Crippen LogP contribution in [0.4, 0.5) is 5.82 Å². The van der Waals surface area contributed by atoms with Gasteiger partial charge in [0.1, 0.15) is 5.69 Å². The molecule has 4 rings (SSSR count). The van der Waals surface area contributed by atoms with E-state index < -0.39 is 0 Å². The molecule has 8 nitrogen and oxygen atoms in total. The van der Waals surface area contributed by atoms with E-state index in [9.17, 15) is 4.79 Å². The molecule has 3 heterocycles. The van der Waals surface area contributed by atoms with Crippen molar-refractivity contribution in [2.75, 3.05) is 38.1 Å². The zero-order valence-electron chi connectivity index (χ0n) is 19.1. The topological polar surface area (TPSA) is 79.2 Å². The van der Waals surface area contributed by atoms with E-state index in [1.807, 2.05) is 17.9 Å². The molecule has 2 aromatic heterocycles. The van der Waals surface area contributed by atoms with Crippen molar-refractivity contribution in [3.63, 3.8) is 0 Å². The Hall–Kier alpha value is -3.26. The van der Waals surface area contributed by atoms with Gasteiger partial charge >= 0.3 is 0 Å². The number of aryl methyl sites for hydroxylation is 2. The largest absolute Gasteiger partial charge is 0.359 e. The summed E-state index contributed by atoms with van der Waals surface area (Å²) in [6.45, 7) is 6.82. The van der Waals surface area contributed by atoms with E-state index in [1.165, 1.54) is 11.3 Å². The van der Waals surface area contributed by atoms with E-state index in [1.54, 1.807) is 19.4 Å². The van der Waals surface area contributed by atoms with Crippen LogP contribution >= 0.6 is 0 Å². The number of carbonyl (C=O) groups is 1. The Balaban J connectivity index is 1.41. The Kier molecular flexibility index (Phi) is 6.80. The van der Waals surface area contributed by atoms with Crippen molar-refractivity contribution in [2.24, 2.45) is 7.05 Å². The number of benzene rings is 1. The van der Waals surface area contributed by atoms with Gasteiger partial charge in [0.15, 0.2) is 5.82 Å². The maximum Gasteiger partial charge on any atom is 0.220 e. The quantitative estimate of drug-likeness (QED) is 0.615. The number of aromatic nitrogens is 4. The molecule has 1 saturated heterocycles. The van der Waals surface area contributed by atoms with Crippen LogP contribution in [0.3, 0.4) is 0 Å².